The van der Waals surface area contributed by atoms with Crippen molar-refractivity contribution in [2.45, 2.75) is 19.3 Å². The number of rotatable bonds is 5. The molecule has 1 aliphatic carbocycles. The van der Waals surface area contributed by atoms with Crippen molar-refractivity contribution in [1.29, 1.82) is 0 Å². The molecule has 1 aliphatic rings. The van der Waals surface area contributed by atoms with Gasteiger partial charge in [0.15, 0.2) is 11.6 Å². The molecule has 66 heavy (non-hydrogen) atoms. The predicted molar refractivity (Wildman–Crippen MR) is 270 cm³/mol. The molecule has 0 aliphatic heterocycles. The van der Waals surface area contributed by atoms with E-state index >= 15 is 0 Å². The van der Waals surface area contributed by atoms with Gasteiger partial charge in [0.25, 0.3) is 0 Å². The number of fused-ring (bicyclic) bond motifs is 12. The van der Waals surface area contributed by atoms with Crippen LogP contribution in [-0.4, -0.2) is 24.1 Å². The summed E-state index contributed by atoms with van der Waals surface area (Å²) in [5.74, 6) is 1.84. The summed E-state index contributed by atoms with van der Waals surface area (Å²) in [7, 11) is 0. The van der Waals surface area contributed by atoms with Crippen LogP contribution in [-0.2, 0) is 5.41 Å². The molecular formula is C60H39N5O. The molecule has 13 aromatic rings. The minimum atomic E-state index is -0.166. The summed E-state index contributed by atoms with van der Waals surface area (Å²) >= 11 is 0. The van der Waals surface area contributed by atoms with Gasteiger partial charge in [0.1, 0.15) is 11.2 Å². The third-order valence-corrected chi connectivity index (χ3v) is 14.0. The second kappa shape index (κ2) is 13.7. The summed E-state index contributed by atoms with van der Waals surface area (Å²) in [5.41, 5.74) is 16.1. The van der Waals surface area contributed by atoms with Crippen LogP contribution in [0.15, 0.2) is 205 Å². The Balaban J connectivity index is 1.01. The van der Waals surface area contributed by atoms with E-state index in [1.54, 1.807) is 0 Å². The van der Waals surface area contributed by atoms with Crippen molar-refractivity contribution in [2.24, 2.45) is 0 Å². The first kappa shape index (κ1) is 36.8. The average Bonchev–Trinajstić information content (AvgIpc) is 4.08. The summed E-state index contributed by atoms with van der Waals surface area (Å²) in [4.78, 5) is 16.1. The van der Waals surface area contributed by atoms with Gasteiger partial charge in [0.2, 0.25) is 5.95 Å². The van der Waals surface area contributed by atoms with Crippen LogP contribution in [0.25, 0.3) is 122 Å². The van der Waals surface area contributed by atoms with Crippen LogP contribution in [0.2, 0.25) is 0 Å². The summed E-state index contributed by atoms with van der Waals surface area (Å²) in [6.45, 7) is 4.62. The number of nitrogens with zero attached hydrogens (tertiary/aromatic N) is 5. The molecule has 6 heteroatoms. The van der Waals surface area contributed by atoms with Gasteiger partial charge in [-0.15, -0.1) is 0 Å². The molecule has 4 heterocycles. The quantitative estimate of drug-likeness (QED) is 0.173. The van der Waals surface area contributed by atoms with E-state index in [-0.39, 0.29) is 5.41 Å². The summed E-state index contributed by atoms with van der Waals surface area (Å²) in [5, 5.41) is 6.75. The average molecular weight is 846 g/mol. The highest BCUT2D eigenvalue weighted by Gasteiger charge is 2.37. The fourth-order valence-corrected chi connectivity index (χ4v) is 11.0. The molecule has 310 valence electrons. The SMILES string of the molecule is CC1(C)c2ccccc2-c2c(-c3nc(-c4ccccc4)nc(-n4c5ccccc5c5cc6c(cc54)c4ccccc4n6-c4ccc5c(c4)oc4cccc(-c6ccccc6)c45)n3)cccc21. The zero-order chi connectivity index (χ0) is 43.7. The van der Waals surface area contributed by atoms with Gasteiger partial charge in [0, 0.05) is 60.6 Å². The van der Waals surface area contributed by atoms with Crippen molar-refractivity contribution >= 4 is 65.6 Å². The van der Waals surface area contributed by atoms with E-state index < -0.39 is 0 Å². The Hall–Kier alpha value is -8.61. The molecule has 0 atom stereocenters. The molecule has 0 saturated heterocycles. The summed E-state index contributed by atoms with van der Waals surface area (Å²) in [6.07, 6.45) is 0. The van der Waals surface area contributed by atoms with E-state index in [1.807, 2.05) is 18.2 Å². The van der Waals surface area contributed by atoms with E-state index in [1.165, 1.54) is 33.4 Å². The Bertz CT molecular complexity index is 4140. The molecule has 0 bridgehead atoms. The third-order valence-electron chi connectivity index (χ3n) is 14.0. The van der Waals surface area contributed by atoms with Crippen molar-refractivity contribution < 1.29 is 4.42 Å². The van der Waals surface area contributed by atoms with Gasteiger partial charge in [-0.3, -0.25) is 4.57 Å². The van der Waals surface area contributed by atoms with Crippen molar-refractivity contribution in [3.63, 3.8) is 0 Å². The molecule has 0 saturated carbocycles. The van der Waals surface area contributed by atoms with Crippen LogP contribution >= 0.6 is 0 Å². The maximum atomic E-state index is 6.66. The lowest BCUT2D eigenvalue weighted by molar-refractivity contribution is 0.660. The molecule has 9 aromatic carbocycles. The fraction of sp³-hybridized carbons (Fsp3) is 0.0500. The lowest BCUT2D eigenvalue weighted by Crippen LogP contribution is -2.14. The summed E-state index contributed by atoms with van der Waals surface area (Å²) in [6, 6.07) is 71.1. The van der Waals surface area contributed by atoms with Crippen LogP contribution in [0.3, 0.4) is 0 Å². The minimum Gasteiger partial charge on any atom is -0.456 e. The van der Waals surface area contributed by atoms with Crippen LogP contribution < -0.4 is 0 Å². The Morgan fingerprint density at radius 3 is 1.76 bits per heavy atom. The fourth-order valence-electron chi connectivity index (χ4n) is 11.0. The van der Waals surface area contributed by atoms with E-state index in [4.69, 9.17) is 19.4 Å². The molecule has 6 nitrogen and oxygen atoms in total. The van der Waals surface area contributed by atoms with Crippen molar-refractivity contribution in [1.82, 2.24) is 24.1 Å². The molecule has 0 N–H and O–H groups in total. The Morgan fingerprint density at radius 1 is 0.394 bits per heavy atom. The van der Waals surface area contributed by atoms with E-state index in [0.29, 0.717) is 17.6 Å². The number of hydrogen-bond acceptors (Lipinski definition) is 4. The van der Waals surface area contributed by atoms with Gasteiger partial charge < -0.3 is 8.98 Å². The maximum absolute atomic E-state index is 6.66. The Labute approximate surface area is 379 Å². The number of furan rings is 1. The normalized spacial score (nSPS) is 13.1. The minimum absolute atomic E-state index is 0.166. The van der Waals surface area contributed by atoms with E-state index in [2.05, 4.69) is 205 Å². The second-order valence-corrected chi connectivity index (χ2v) is 18.0. The standard InChI is InChI=1S/C60H39N5O/c1-60(2)47-26-12-9-23-42(47)55-44(25-15-27-48(55)60)58-61-57(37-19-7-4-8-20-37)62-59(63-58)65-50-29-14-11-22-41(50)46-34-51-45(35-52(46)65)40-21-10-13-28-49(40)64(51)38-31-32-43-54(33-38)66-53-30-16-24-39(56(43)53)36-17-5-3-6-18-36/h3-35H,1-2H3. The third kappa shape index (κ3) is 5.21. The van der Waals surface area contributed by atoms with Gasteiger partial charge >= 0.3 is 0 Å². The maximum Gasteiger partial charge on any atom is 0.238 e. The van der Waals surface area contributed by atoms with Gasteiger partial charge in [-0.25, -0.2) is 4.98 Å². The van der Waals surface area contributed by atoms with Crippen molar-refractivity contribution in [2.75, 3.05) is 0 Å². The van der Waals surface area contributed by atoms with Gasteiger partial charge in [-0.1, -0.05) is 166 Å². The first-order valence-electron chi connectivity index (χ1n) is 22.5. The molecule has 0 unspecified atom stereocenters. The largest absolute Gasteiger partial charge is 0.456 e. The number of aromatic nitrogens is 5. The lowest BCUT2D eigenvalue weighted by atomic mass is 9.82. The number of benzene rings is 9. The van der Waals surface area contributed by atoms with Crippen molar-refractivity contribution in [3.8, 4) is 56.7 Å². The molecule has 0 radical (unpaired) electrons. The highest BCUT2D eigenvalue weighted by atomic mass is 16.3. The van der Waals surface area contributed by atoms with Crippen LogP contribution in [0.1, 0.15) is 25.0 Å². The van der Waals surface area contributed by atoms with Gasteiger partial charge in [0.05, 0.1) is 22.1 Å². The number of para-hydroxylation sites is 2. The van der Waals surface area contributed by atoms with Gasteiger partial charge in [-0.2, -0.15) is 9.97 Å². The highest BCUT2D eigenvalue weighted by molar-refractivity contribution is 6.19. The molecule has 0 spiro atoms. The van der Waals surface area contributed by atoms with Crippen LogP contribution in [0.4, 0.5) is 0 Å². The highest BCUT2D eigenvalue weighted by Crippen LogP contribution is 2.52. The predicted octanol–water partition coefficient (Wildman–Crippen LogP) is 15.3. The number of hydrogen-bond donors (Lipinski definition) is 0. The van der Waals surface area contributed by atoms with Crippen molar-refractivity contribution in [3.05, 3.63) is 211 Å². The smallest absolute Gasteiger partial charge is 0.238 e. The zero-order valence-electron chi connectivity index (χ0n) is 36.2. The van der Waals surface area contributed by atoms with Gasteiger partial charge in [-0.05, 0) is 75.8 Å². The molecule has 0 fully saturated rings. The van der Waals surface area contributed by atoms with E-state index in [9.17, 15) is 0 Å². The Morgan fingerprint density at radius 2 is 0.985 bits per heavy atom. The molecular weight excluding hydrogens is 807 g/mol. The monoisotopic (exact) mass is 845 g/mol. The lowest BCUT2D eigenvalue weighted by Gasteiger charge is -2.21. The second-order valence-electron chi connectivity index (χ2n) is 18.0. The Kier molecular flexibility index (Phi) is 7.64. The van der Waals surface area contributed by atoms with Crippen LogP contribution in [0.5, 0.6) is 0 Å². The van der Waals surface area contributed by atoms with E-state index in [0.717, 1.165) is 82.4 Å². The first-order chi connectivity index (χ1) is 32.5. The molecule has 4 aromatic heterocycles. The van der Waals surface area contributed by atoms with Crippen LogP contribution in [0, 0.1) is 0 Å². The zero-order valence-corrected chi connectivity index (χ0v) is 36.2. The topological polar surface area (TPSA) is 61.7 Å². The first-order valence-corrected chi connectivity index (χ1v) is 22.5. The summed E-state index contributed by atoms with van der Waals surface area (Å²) < 4.78 is 11.3. The molecule has 0 amide bonds. The molecule has 14 rings (SSSR count).